The maximum absolute atomic E-state index is 11.5. The average molecular weight is 185 g/mol. The Morgan fingerprint density at radius 2 is 2.15 bits per heavy atom. The van der Waals surface area contributed by atoms with Crippen LogP contribution in [0.1, 0.15) is 33.6 Å². The van der Waals surface area contributed by atoms with Crippen LogP contribution in [0.15, 0.2) is 0 Å². The third kappa shape index (κ3) is 3.35. The van der Waals surface area contributed by atoms with Gasteiger partial charge in [0.1, 0.15) is 6.10 Å². The lowest BCUT2D eigenvalue weighted by molar-refractivity contribution is -0.159. The van der Waals surface area contributed by atoms with E-state index in [-0.39, 0.29) is 17.5 Å². The molecule has 0 radical (unpaired) electrons. The molecule has 13 heavy (non-hydrogen) atoms. The second-order valence-corrected chi connectivity index (χ2v) is 4.62. The molecule has 1 rings (SSSR count). The molecule has 0 amide bonds. The van der Waals surface area contributed by atoms with Gasteiger partial charge in [-0.3, -0.25) is 4.79 Å². The predicted octanol–water partition coefficient (Wildman–Crippen LogP) is 1.33. The molecule has 76 valence electrons. The summed E-state index contributed by atoms with van der Waals surface area (Å²) in [4.78, 5) is 11.5. The molecule has 0 aromatic rings. The SMILES string of the molecule is CC(C)(C)C(=O)OC1CCCNC1. The zero-order valence-corrected chi connectivity index (χ0v) is 8.72. The van der Waals surface area contributed by atoms with Crippen molar-refractivity contribution in [2.24, 2.45) is 5.41 Å². The summed E-state index contributed by atoms with van der Waals surface area (Å²) >= 11 is 0. The normalized spacial score (nSPS) is 24.1. The van der Waals surface area contributed by atoms with Crippen LogP contribution < -0.4 is 5.32 Å². The topological polar surface area (TPSA) is 38.3 Å². The average Bonchev–Trinajstić information content (AvgIpc) is 2.04. The van der Waals surface area contributed by atoms with E-state index in [0.717, 1.165) is 25.9 Å². The number of hydrogen-bond donors (Lipinski definition) is 1. The van der Waals surface area contributed by atoms with Gasteiger partial charge < -0.3 is 10.1 Å². The molecule has 0 saturated carbocycles. The van der Waals surface area contributed by atoms with Crippen LogP contribution in [0, 0.1) is 5.41 Å². The van der Waals surface area contributed by atoms with Gasteiger partial charge in [-0.25, -0.2) is 0 Å². The predicted molar refractivity (Wildman–Crippen MR) is 51.4 cm³/mol. The zero-order valence-electron chi connectivity index (χ0n) is 8.72. The Hall–Kier alpha value is -0.570. The largest absolute Gasteiger partial charge is 0.461 e. The Morgan fingerprint density at radius 3 is 2.62 bits per heavy atom. The third-order valence-electron chi connectivity index (χ3n) is 2.14. The van der Waals surface area contributed by atoms with E-state index in [9.17, 15) is 4.79 Å². The van der Waals surface area contributed by atoms with Crippen LogP contribution in [0.25, 0.3) is 0 Å². The first kappa shape index (κ1) is 10.5. The van der Waals surface area contributed by atoms with E-state index in [4.69, 9.17) is 4.74 Å². The van der Waals surface area contributed by atoms with E-state index in [1.807, 2.05) is 20.8 Å². The molecule has 0 spiro atoms. The summed E-state index contributed by atoms with van der Waals surface area (Å²) in [5.74, 6) is -0.0961. The molecule has 1 heterocycles. The van der Waals surface area contributed by atoms with Crippen LogP contribution in [0.5, 0.6) is 0 Å². The van der Waals surface area contributed by atoms with Crippen molar-refractivity contribution in [1.82, 2.24) is 5.32 Å². The maximum Gasteiger partial charge on any atom is 0.311 e. The van der Waals surface area contributed by atoms with Crippen LogP contribution in [-0.2, 0) is 9.53 Å². The third-order valence-corrected chi connectivity index (χ3v) is 2.14. The minimum Gasteiger partial charge on any atom is -0.461 e. The maximum atomic E-state index is 11.5. The van der Waals surface area contributed by atoms with Gasteiger partial charge >= 0.3 is 5.97 Å². The first-order chi connectivity index (χ1) is 6.00. The molecule has 1 N–H and O–H groups in total. The number of ether oxygens (including phenoxy) is 1. The van der Waals surface area contributed by atoms with Crippen LogP contribution >= 0.6 is 0 Å². The van der Waals surface area contributed by atoms with E-state index < -0.39 is 0 Å². The van der Waals surface area contributed by atoms with Gasteiger partial charge in [0.25, 0.3) is 0 Å². The molecule has 3 nitrogen and oxygen atoms in total. The lowest BCUT2D eigenvalue weighted by atomic mass is 9.97. The Labute approximate surface area is 79.8 Å². The Bertz CT molecular complexity index is 178. The number of carbonyl (C=O) groups is 1. The summed E-state index contributed by atoms with van der Waals surface area (Å²) in [6.45, 7) is 7.49. The summed E-state index contributed by atoms with van der Waals surface area (Å²) in [7, 11) is 0. The summed E-state index contributed by atoms with van der Waals surface area (Å²) in [5.41, 5.74) is -0.378. The van der Waals surface area contributed by atoms with Crippen molar-refractivity contribution in [3.05, 3.63) is 0 Å². The van der Waals surface area contributed by atoms with Crippen molar-refractivity contribution in [2.75, 3.05) is 13.1 Å². The fourth-order valence-corrected chi connectivity index (χ4v) is 1.25. The standard InChI is InChI=1S/C10H19NO2/c1-10(2,3)9(12)13-8-5-4-6-11-7-8/h8,11H,4-7H2,1-3H3. The van der Waals surface area contributed by atoms with Gasteiger partial charge in [-0.05, 0) is 40.2 Å². The van der Waals surface area contributed by atoms with Crippen LogP contribution in [0.2, 0.25) is 0 Å². The van der Waals surface area contributed by atoms with Crippen LogP contribution in [0.3, 0.4) is 0 Å². The Balaban J connectivity index is 2.35. The molecule has 3 heteroatoms. The number of carbonyl (C=O) groups excluding carboxylic acids is 1. The molecular weight excluding hydrogens is 166 g/mol. The van der Waals surface area contributed by atoms with Gasteiger partial charge in [0.05, 0.1) is 5.41 Å². The quantitative estimate of drug-likeness (QED) is 0.626. The second kappa shape index (κ2) is 4.09. The van der Waals surface area contributed by atoms with Gasteiger partial charge in [-0.2, -0.15) is 0 Å². The van der Waals surface area contributed by atoms with Gasteiger partial charge in [-0.1, -0.05) is 0 Å². The molecule has 1 fully saturated rings. The number of esters is 1. The van der Waals surface area contributed by atoms with Crippen molar-refractivity contribution in [3.63, 3.8) is 0 Å². The Morgan fingerprint density at radius 1 is 1.46 bits per heavy atom. The summed E-state index contributed by atoms with van der Waals surface area (Å²) in [5, 5.41) is 3.21. The fraction of sp³-hybridized carbons (Fsp3) is 0.900. The van der Waals surface area contributed by atoms with Crippen molar-refractivity contribution >= 4 is 5.97 Å². The van der Waals surface area contributed by atoms with Crippen molar-refractivity contribution in [2.45, 2.75) is 39.7 Å². The van der Waals surface area contributed by atoms with Crippen molar-refractivity contribution < 1.29 is 9.53 Å². The molecule has 0 aliphatic carbocycles. The number of rotatable bonds is 1. The molecule has 1 aliphatic rings. The van der Waals surface area contributed by atoms with Crippen molar-refractivity contribution in [1.29, 1.82) is 0 Å². The monoisotopic (exact) mass is 185 g/mol. The highest BCUT2D eigenvalue weighted by Crippen LogP contribution is 2.18. The first-order valence-corrected chi connectivity index (χ1v) is 4.92. The molecule has 1 atom stereocenters. The van der Waals surface area contributed by atoms with Crippen LogP contribution in [0.4, 0.5) is 0 Å². The summed E-state index contributed by atoms with van der Waals surface area (Å²) < 4.78 is 5.35. The van der Waals surface area contributed by atoms with E-state index in [2.05, 4.69) is 5.32 Å². The van der Waals surface area contributed by atoms with Gasteiger partial charge in [-0.15, -0.1) is 0 Å². The van der Waals surface area contributed by atoms with Gasteiger partial charge in [0.15, 0.2) is 0 Å². The molecule has 1 aliphatic heterocycles. The van der Waals surface area contributed by atoms with Gasteiger partial charge in [0.2, 0.25) is 0 Å². The molecule has 1 unspecified atom stereocenters. The van der Waals surface area contributed by atoms with E-state index >= 15 is 0 Å². The van der Waals surface area contributed by atoms with E-state index in [0.29, 0.717) is 0 Å². The van der Waals surface area contributed by atoms with Crippen LogP contribution in [-0.4, -0.2) is 25.2 Å². The highest BCUT2D eigenvalue weighted by Gasteiger charge is 2.26. The summed E-state index contributed by atoms with van der Waals surface area (Å²) in [6.07, 6.45) is 2.18. The van der Waals surface area contributed by atoms with E-state index in [1.165, 1.54) is 0 Å². The number of piperidine rings is 1. The molecule has 0 aromatic heterocycles. The number of nitrogens with one attached hydrogen (secondary N) is 1. The minimum absolute atomic E-state index is 0.0838. The summed E-state index contributed by atoms with van der Waals surface area (Å²) in [6, 6.07) is 0. The highest BCUT2D eigenvalue weighted by molar-refractivity contribution is 5.75. The lowest BCUT2D eigenvalue weighted by Crippen LogP contribution is -2.39. The highest BCUT2D eigenvalue weighted by atomic mass is 16.5. The minimum atomic E-state index is -0.378. The molecular formula is C10H19NO2. The smallest absolute Gasteiger partial charge is 0.311 e. The zero-order chi connectivity index (χ0) is 9.90. The first-order valence-electron chi connectivity index (χ1n) is 4.92. The molecule has 0 bridgehead atoms. The lowest BCUT2D eigenvalue weighted by Gasteiger charge is -2.26. The number of hydrogen-bond acceptors (Lipinski definition) is 3. The van der Waals surface area contributed by atoms with E-state index in [1.54, 1.807) is 0 Å². The molecule has 1 saturated heterocycles. The Kier molecular flexibility index (Phi) is 3.31. The molecule has 0 aromatic carbocycles. The fourth-order valence-electron chi connectivity index (χ4n) is 1.25. The second-order valence-electron chi connectivity index (χ2n) is 4.62. The van der Waals surface area contributed by atoms with Gasteiger partial charge in [0, 0.05) is 6.54 Å². The van der Waals surface area contributed by atoms with Crippen molar-refractivity contribution in [3.8, 4) is 0 Å².